The van der Waals surface area contributed by atoms with Crippen LogP contribution in [0.4, 0.5) is 0 Å². The minimum atomic E-state index is -0.506. The van der Waals surface area contributed by atoms with Crippen LogP contribution >= 0.6 is 23.2 Å². The van der Waals surface area contributed by atoms with Crippen LogP contribution in [0.15, 0.2) is 18.2 Å². The van der Waals surface area contributed by atoms with Crippen molar-refractivity contribution in [2.75, 3.05) is 6.54 Å². The Kier molecular flexibility index (Phi) is 5.47. The van der Waals surface area contributed by atoms with E-state index in [2.05, 4.69) is 20.8 Å². The van der Waals surface area contributed by atoms with E-state index in [1.807, 2.05) is 6.07 Å². The molecule has 102 valence electrons. The van der Waals surface area contributed by atoms with Gasteiger partial charge in [-0.2, -0.15) is 0 Å². The third kappa shape index (κ3) is 4.43. The topological polar surface area (TPSA) is 46.2 Å². The maximum atomic E-state index is 10.3. The lowest BCUT2D eigenvalue weighted by Crippen LogP contribution is -2.29. The third-order valence-electron chi connectivity index (χ3n) is 2.90. The maximum absolute atomic E-state index is 10.3. The van der Waals surface area contributed by atoms with Gasteiger partial charge in [-0.05, 0) is 29.5 Å². The van der Waals surface area contributed by atoms with E-state index in [0.717, 1.165) is 5.56 Å². The van der Waals surface area contributed by atoms with Gasteiger partial charge >= 0.3 is 0 Å². The van der Waals surface area contributed by atoms with Crippen molar-refractivity contribution < 1.29 is 5.11 Å². The van der Waals surface area contributed by atoms with Crippen LogP contribution in [-0.4, -0.2) is 17.8 Å². The largest absolute Gasteiger partial charge is 0.392 e. The fraction of sp³-hybridized carbons (Fsp3) is 0.571. The van der Waals surface area contributed by atoms with E-state index in [-0.39, 0.29) is 11.3 Å². The van der Waals surface area contributed by atoms with Gasteiger partial charge in [-0.1, -0.05) is 50.0 Å². The molecule has 0 amide bonds. The quantitative estimate of drug-likeness (QED) is 0.885. The summed E-state index contributed by atoms with van der Waals surface area (Å²) in [6, 6.07) is 5.30. The number of aliphatic hydroxyl groups excluding tert-OH is 1. The van der Waals surface area contributed by atoms with Gasteiger partial charge in [0.25, 0.3) is 0 Å². The Morgan fingerprint density at radius 1 is 1.28 bits per heavy atom. The van der Waals surface area contributed by atoms with Crippen molar-refractivity contribution in [3.63, 3.8) is 0 Å². The number of benzene rings is 1. The summed E-state index contributed by atoms with van der Waals surface area (Å²) >= 11 is 12.0. The monoisotopic (exact) mass is 289 g/mol. The molecule has 0 saturated carbocycles. The van der Waals surface area contributed by atoms with Gasteiger partial charge in [0.05, 0.1) is 6.10 Å². The highest BCUT2D eigenvalue weighted by Crippen LogP contribution is 2.33. The minimum absolute atomic E-state index is 0.0474. The second-order valence-electron chi connectivity index (χ2n) is 5.84. The van der Waals surface area contributed by atoms with Gasteiger partial charge in [-0.3, -0.25) is 0 Å². The molecule has 0 aromatic heterocycles. The summed E-state index contributed by atoms with van der Waals surface area (Å²) in [5.74, 6) is -0.158. The van der Waals surface area contributed by atoms with Crippen LogP contribution in [0.5, 0.6) is 0 Å². The van der Waals surface area contributed by atoms with Crippen molar-refractivity contribution in [3.05, 3.63) is 33.8 Å². The molecule has 3 N–H and O–H groups in total. The van der Waals surface area contributed by atoms with E-state index in [0.29, 0.717) is 23.0 Å². The van der Waals surface area contributed by atoms with Gasteiger partial charge in [0.15, 0.2) is 0 Å². The van der Waals surface area contributed by atoms with Gasteiger partial charge in [-0.25, -0.2) is 0 Å². The predicted octanol–water partition coefficient (Wildman–Crippen LogP) is 3.83. The number of rotatable bonds is 4. The van der Waals surface area contributed by atoms with Crippen LogP contribution in [0.3, 0.4) is 0 Å². The number of nitrogens with two attached hydrogens (primary N) is 1. The second kappa shape index (κ2) is 6.25. The molecular weight excluding hydrogens is 269 g/mol. The summed E-state index contributed by atoms with van der Waals surface area (Å²) < 4.78 is 0. The molecule has 1 rings (SSSR count). The number of hydrogen-bond donors (Lipinski definition) is 2. The number of aliphatic hydroxyl groups is 1. The van der Waals surface area contributed by atoms with Gasteiger partial charge in [0.1, 0.15) is 0 Å². The highest BCUT2D eigenvalue weighted by molar-refractivity contribution is 6.35. The van der Waals surface area contributed by atoms with Crippen molar-refractivity contribution in [1.82, 2.24) is 0 Å². The zero-order chi connectivity index (χ0) is 13.9. The van der Waals surface area contributed by atoms with Gasteiger partial charge in [0.2, 0.25) is 0 Å². The number of halogens is 2. The first kappa shape index (κ1) is 15.8. The Bertz CT molecular complexity index is 401. The van der Waals surface area contributed by atoms with E-state index in [9.17, 15) is 5.11 Å². The minimum Gasteiger partial charge on any atom is -0.392 e. The van der Waals surface area contributed by atoms with Crippen LogP contribution in [0.1, 0.15) is 38.7 Å². The fourth-order valence-electron chi connectivity index (χ4n) is 2.06. The van der Waals surface area contributed by atoms with Crippen molar-refractivity contribution in [2.45, 2.75) is 39.2 Å². The molecule has 0 aliphatic heterocycles. The SMILES string of the molecule is CC(C)(C)CC(O)C(CN)c1ccc(Cl)cc1Cl. The molecule has 0 heterocycles. The molecule has 0 saturated heterocycles. The molecule has 1 aromatic rings. The fourth-order valence-corrected chi connectivity index (χ4v) is 2.61. The lowest BCUT2D eigenvalue weighted by molar-refractivity contribution is 0.0972. The van der Waals surface area contributed by atoms with Crippen LogP contribution in [0, 0.1) is 5.41 Å². The zero-order valence-corrected chi connectivity index (χ0v) is 12.6. The van der Waals surface area contributed by atoms with E-state index in [4.69, 9.17) is 28.9 Å². The van der Waals surface area contributed by atoms with Gasteiger partial charge in [0, 0.05) is 22.5 Å². The summed E-state index contributed by atoms with van der Waals surface area (Å²) in [4.78, 5) is 0. The summed E-state index contributed by atoms with van der Waals surface area (Å²) in [7, 11) is 0. The Labute approximate surface area is 119 Å². The summed E-state index contributed by atoms with van der Waals surface area (Å²) in [6.45, 7) is 6.63. The van der Waals surface area contributed by atoms with Crippen molar-refractivity contribution in [2.24, 2.45) is 11.1 Å². The van der Waals surface area contributed by atoms with E-state index in [1.54, 1.807) is 12.1 Å². The molecule has 2 nitrogen and oxygen atoms in total. The molecule has 0 radical (unpaired) electrons. The molecular formula is C14H21Cl2NO. The lowest BCUT2D eigenvalue weighted by atomic mass is 9.82. The van der Waals surface area contributed by atoms with Crippen LogP contribution in [0.25, 0.3) is 0 Å². The smallest absolute Gasteiger partial charge is 0.0626 e. The molecule has 18 heavy (non-hydrogen) atoms. The molecule has 0 bridgehead atoms. The summed E-state index contributed by atoms with van der Waals surface area (Å²) in [6.07, 6.45) is 0.169. The van der Waals surface area contributed by atoms with E-state index >= 15 is 0 Å². The van der Waals surface area contributed by atoms with Crippen LogP contribution < -0.4 is 5.73 Å². The van der Waals surface area contributed by atoms with Crippen LogP contribution in [0.2, 0.25) is 10.0 Å². The molecule has 0 fully saturated rings. The standard InChI is InChI=1S/C14H21Cl2NO/c1-14(2,3)7-13(18)11(8-17)10-5-4-9(15)6-12(10)16/h4-6,11,13,18H,7-8,17H2,1-3H3. The second-order valence-corrected chi connectivity index (χ2v) is 6.68. The molecule has 1 aromatic carbocycles. The normalized spacial score (nSPS) is 15.5. The Morgan fingerprint density at radius 3 is 2.33 bits per heavy atom. The third-order valence-corrected chi connectivity index (χ3v) is 3.46. The van der Waals surface area contributed by atoms with E-state index < -0.39 is 6.10 Å². The first-order valence-electron chi connectivity index (χ1n) is 6.07. The Balaban J connectivity index is 2.95. The first-order valence-corrected chi connectivity index (χ1v) is 6.83. The molecule has 0 spiro atoms. The van der Waals surface area contributed by atoms with Crippen LogP contribution in [-0.2, 0) is 0 Å². The van der Waals surface area contributed by atoms with Crippen molar-refractivity contribution in [1.29, 1.82) is 0 Å². The molecule has 2 unspecified atom stereocenters. The molecule has 0 aliphatic carbocycles. The summed E-state index contributed by atoms with van der Waals surface area (Å²) in [5.41, 5.74) is 6.69. The van der Waals surface area contributed by atoms with Crippen molar-refractivity contribution >= 4 is 23.2 Å². The average Bonchev–Trinajstić information content (AvgIpc) is 2.19. The predicted molar refractivity (Wildman–Crippen MR) is 78.3 cm³/mol. The Morgan fingerprint density at radius 2 is 1.89 bits per heavy atom. The molecule has 0 aliphatic rings. The highest BCUT2D eigenvalue weighted by atomic mass is 35.5. The Hall–Kier alpha value is -0.280. The van der Waals surface area contributed by atoms with Gasteiger partial charge in [-0.15, -0.1) is 0 Å². The highest BCUT2D eigenvalue weighted by Gasteiger charge is 2.26. The molecule has 2 atom stereocenters. The lowest BCUT2D eigenvalue weighted by Gasteiger charge is -2.28. The molecule has 4 heteroatoms. The average molecular weight is 290 g/mol. The first-order chi connectivity index (χ1) is 8.24. The van der Waals surface area contributed by atoms with Gasteiger partial charge < -0.3 is 10.8 Å². The number of hydrogen-bond acceptors (Lipinski definition) is 2. The van der Waals surface area contributed by atoms with E-state index in [1.165, 1.54) is 0 Å². The zero-order valence-electron chi connectivity index (χ0n) is 11.1. The maximum Gasteiger partial charge on any atom is 0.0626 e. The van der Waals surface area contributed by atoms with Crippen molar-refractivity contribution in [3.8, 4) is 0 Å². The summed E-state index contributed by atoms with van der Waals surface area (Å²) in [5, 5.41) is 11.5.